The third-order valence-corrected chi connectivity index (χ3v) is 4.25. The van der Waals surface area contributed by atoms with E-state index in [4.69, 9.17) is 10.00 Å². The van der Waals surface area contributed by atoms with Crippen molar-refractivity contribution in [2.24, 2.45) is 0 Å². The highest BCUT2D eigenvalue weighted by Gasteiger charge is 2.13. The zero-order valence-electron chi connectivity index (χ0n) is 11.8. The Bertz CT molecular complexity index is 512. The number of hydrogen-bond acceptors (Lipinski definition) is 4. The molecule has 21 heavy (non-hydrogen) atoms. The molecule has 0 radical (unpaired) electrons. The average Bonchev–Trinajstić information content (AvgIpc) is 2.52. The van der Waals surface area contributed by atoms with Gasteiger partial charge in [-0.25, -0.2) is 4.39 Å². The van der Waals surface area contributed by atoms with Crippen molar-refractivity contribution in [1.29, 1.82) is 5.26 Å². The molecule has 2 N–H and O–H groups in total. The van der Waals surface area contributed by atoms with E-state index >= 15 is 0 Å². The van der Waals surface area contributed by atoms with Crippen LogP contribution < -0.4 is 10.6 Å². The fourth-order valence-electron chi connectivity index (χ4n) is 2.28. The van der Waals surface area contributed by atoms with E-state index in [0.717, 1.165) is 32.4 Å². The molecule has 0 aromatic heterocycles. The fourth-order valence-corrected chi connectivity index (χ4v) is 2.71. The minimum absolute atomic E-state index is 0.209. The fraction of sp³-hybridized carbons (Fsp3) is 0.533. The zero-order valence-corrected chi connectivity index (χ0v) is 13.4. The summed E-state index contributed by atoms with van der Waals surface area (Å²) in [6.07, 6.45) is 3.29. The van der Waals surface area contributed by atoms with Gasteiger partial charge in [-0.2, -0.15) is 5.26 Å². The monoisotopic (exact) mass is 355 g/mol. The molecule has 1 fully saturated rings. The van der Waals surface area contributed by atoms with E-state index in [1.165, 1.54) is 0 Å². The van der Waals surface area contributed by atoms with Crippen molar-refractivity contribution in [2.45, 2.75) is 25.4 Å². The van der Waals surface area contributed by atoms with Crippen LogP contribution in [0.1, 0.15) is 24.8 Å². The van der Waals surface area contributed by atoms with Crippen molar-refractivity contribution >= 4 is 21.6 Å². The molecule has 1 saturated heterocycles. The number of nitriles is 1. The Labute approximate surface area is 132 Å². The summed E-state index contributed by atoms with van der Waals surface area (Å²) in [7, 11) is 0. The van der Waals surface area contributed by atoms with E-state index in [1.807, 2.05) is 6.07 Å². The SMILES string of the molecule is N#Cc1ccc(NCCCOC2CCNCC2)c(F)c1Br. The van der Waals surface area contributed by atoms with E-state index in [9.17, 15) is 4.39 Å². The van der Waals surface area contributed by atoms with Gasteiger partial charge in [0.25, 0.3) is 0 Å². The number of piperidine rings is 1. The van der Waals surface area contributed by atoms with Gasteiger partial charge in [0.05, 0.1) is 21.8 Å². The van der Waals surface area contributed by atoms with E-state index < -0.39 is 5.82 Å². The third-order valence-electron chi connectivity index (χ3n) is 3.48. The number of halogens is 2. The molecule has 114 valence electrons. The summed E-state index contributed by atoms with van der Waals surface area (Å²) in [6.45, 7) is 3.36. The second-order valence-electron chi connectivity index (χ2n) is 5.00. The first kappa shape index (κ1) is 16.2. The van der Waals surface area contributed by atoms with Crippen LogP contribution in [0.4, 0.5) is 10.1 Å². The van der Waals surface area contributed by atoms with Crippen LogP contribution in [-0.4, -0.2) is 32.3 Å². The summed E-state index contributed by atoms with van der Waals surface area (Å²) < 4.78 is 19.9. The van der Waals surface area contributed by atoms with Crippen LogP contribution in [0, 0.1) is 17.1 Å². The number of rotatable bonds is 6. The topological polar surface area (TPSA) is 57.1 Å². The van der Waals surface area contributed by atoms with Gasteiger partial charge < -0.3 is 15.4 Å². The van der Waals surface area contributed by atoms with Gasteiger partial charge in [0.15, 0.2) is 5.82 Å². The van der Waals surface area contributed by atoms with Crippen molar-refractivity contribution in [2.75, 3.05) is 31.6 Å². The molecule has 1 aliphatic heterocycles. The Balaban J connectivity index is 1.71. The van der Waals surface area contributed by atoms with Crippen LogP contribution >= 0.6 is 15.9 Å². The molecular formula is C15H19BrFN3O. The second-order valence-corrected chi connectivity index (χ2v) is 5.79. The minimum atomic E-state index is -0.423. The van der Waals surface area contributed by atoms with Gasteiger partial charge in [0.1, 0.15) is 6.07 Å². The predicted molar refractivity (Wildman–Crippen MR) is 83.8 cm³/mol. The summed E-state index contributed by atoms with van der Waals surface area (Å²) in [6, 6.07) is 5.12. The summed E-state index contributed by atoms with van der Waals surface area (Å²) in [5.74, 6) is -0.423. The maximum Gasteiger partial charge on any atom is 0.161 e. The second kappa shape index (κ2) is 8.32. The maximum atomic E-state index is 14.0. The van der Waals surface area contributed by atoms with Gasteiger partial charge in [-0.15, -0.1) is 0 Å². The molecule has 4 nitrogen and oxygen atoms in total. The summed E-state index contributed by atoms with van der Waals surface area (Å²) in [5, 5.41) is 15.1. The number of hydrogen-bond donors (Lipinski definition) is 2. The smallest absolute Gasteiger partial charge is 0.161 e. The first-order valence-electron chi connectivity index (χ1n) is 7.16. The Kier molecular flexibility index (Phi) is 6.43. The van der Waals surface area contributed by atoms with E-state index in [-0.39, 0.29) is 4.47 Å². The lowest BCUT2D eigenvalue weighted by Crippen LogP contribution is -2.32. The molecular weight excluding hydrogens is 337 g/mol. The highest BCUT2D eigenvalue weighted by molar-refractivity contribution is 9.10. The molecule has 6 heteroatoms. The lowest BCUT2D eigenvalue weighted by molar-refractivity contribution is 0.0329. The van der Waals surface area contributed by atoms with Gasteiger partial charge in [-0.3, -0.25) is 0 Å². The zero-order chi connectivity index (χ0) is 15.1. The Morgan fingerprint density at radius 1 is 1.43 bits per heavy atom. The number of ether oxygens (including phenoxy) is 1. The van der Waals surface area contributed by atoms with Crippen LogP contribution in [0.5, 0.6) is 0 Å². The molecule has 1 heterocycles. The van der Waals surface area contributed by atoms with Crippen molar-refractivity contribution in [3.8, 4) is 6.07 Å². The highest BCUT2D eigenvalue weighted by Crippen LogP contribution is 2.26. The van der Waals surface area contributed by atoms with Crippen LogP contribution in [0.2, 0.25) is 0 Å². The van der Waals surface area contributed by atoms with Gasteiger partial charge in [0, 0.05) is 13.2 Å². The first-order chi connectivity index (χ1) is 10.2. The Hall–Kier alpha value is -1.16. The van der Waals surface area contributed by atoms with E-state index in [2.05, 4.69) is 26.6 Å². The summed E-state index contributed by atoms with van der Waals surface area (Å²) in [4.78, 5) is 0. The highest BCUT2D eigenvalue weighted by atomic mass is 79.9. The van der Waals surface area contributed by atoms with Gasteiger partial charge in [-0.1, -0.05) is 0 Å². The van der Waals surface area contributed by atoms with Crippen LogP contribution in [0.3, 0.4) is 0 Å². The van der Waals surface area contributed by atoms with E-state index in [1.54, 1.807) is 12.1 Å². The summed E-state index contributed by atoms with van der Waals surface area (Å²) in [5.41, 5.74) is 0.704. The normalized spacial score (nSPS) is 15.7. The molecule has 0 saturated carbocycles. The lowest BCUT2D eigenvalue weighted by atomic mass is 10.1. The molecule has 0 atom stereocenters. The van der Waals surface area contributed by atoms with Gasteiger partial charge in [-0.05, 0) is 60.4 Å². The third kappa shape index (κ3) is 4.67. The Morgan fingerprint density at radius 3 is 2.90 bits per heavy atom. The van der Waals surface area contributed by atoms with E-state index in [0.29, 0.717) is 30.5 Å². The number of nitrogens with one attached hydrogen (secondary N) is 2. The minimum Gasteiger partial charge on any atom is -0.383 e. The molecule has 1 aromatic carbocycles. The molecule has 0 bridgehead atoms. The predicted octanol–water partition coefficient (Wildman–Crippen LogP) is 3.03. The number of nitrogens with zero attached hydrogens (tertiary/aromatic N) is 1. The largest absolute Gasteiger partial charge is 0.383 e. The molecule has 0 amide bonds. The molecule has 2 rings (SSSR count). The Morgan fingerprint density at radius 2 is 2.19 bits per heavy atom. The maximum absolute atomic E-state index is 14.0. The molecule has 1 aromatic rings. The van der Waals surface area contributed by atoms with Crippen LogP contribution in [0.15, 0.2) is 16.6 Å². The van der Waals surface area contributed by atoms with Crippen LogP contribution in [-0.2, 0) is 4.74 Å². The number of benzene rings is 1. The van der Waals surface area contributed by atoms with Crippen molar-refractivity contribution in [1.82, 2.24) is 5.32 Å². The molecule has 0 unspecified atom stereocenters. The average molecular weight is 356 g/mol. The standard InChI is InChI=1S/C15H19BrFN3O/c16-14-11(10-18)2-3-13(15(14)17)20-6-1-9-21-12-4-7-19-8-5-12/h2-3,12,19-20H,1,4-9H2. The first-order valence-corrected chi connectivity index (χ1v) is 7.96. The van der Waals surface area contributed by atoms with Crippen molar-refractivity contribution in [3.63, 3.8) is 0 Å². The van der Waals surface area contributed by atoms with Gasteiger partial charge in [0.2, 0.25) is 0 Å². The molecule has 0 aliphatic carbocycles. The van der Waals surface area contributed by atoms with Crippen molar-refractivity contribution < 1.29 is 9.13 Å². The van der Waals surface area contributed by atoms with Crippen LogP contribution in [0.25, 0.3) is 0 Å². The molecule has 0 spiro atoms. The van der Waals surface area contributed by atoms with Gasteiger partial charge >= 0.3 is 0 Å². The number of anilines is 1. The summed E-state index contributed by atoms with van der Waals surface area (Å²) >= 11 is 3.10. The van der Waals surface area contributed by atoms with Crippen molar-refractivity contribution in [3.05, 3.63) is 28.0 Å². The lowest BCUT2D eigenvalue weighted by Gasteiger charge is -2.23. The molecule has 1 aliphatic rings. The quantitative estimate of drug-likeness (QED) is 0.770.